The summed E-state index contributed by atoms with van der Waals surface area (Å²) >= 11 is 0. The number of para-hydroxylation sites is 1. The summed E-state index contributed by atoms with van der Waals surface area (Å²) in [6, 6.07) is 8.13. The first-order chi connectivity index (χ1) is 8.49. The van der Waals surface area contributed by atoms with Gasteiger partial charge in [-0.25, -0.2) is 0 Å². The first-order valence-corrected chi connectivity index (χ1v) is 6.53. The second-order valence-electron chi connectivity index (χ2n) is 5.37. The van der Waals surface area contributed by atoms with Gasteiger partial charge in [0.2, 0.25) is 0 Å². The second kappa shape index (κ2) is 6.76. The van der Waals surface area contributed by atoms with Crippen molar-refractivity contribution in [2.75, 3.05) is 19.8 Å². The molecule has 0 aliphatic heterocycles. The predicted octanol–water partition coefficient (Wildman–Crippen LogP) is 2.73. The van der Waals surface area contributed by atoms with Crippen LogP contribution < -0.4 is 10.5 Å². The third kappa shape index (κ3) is 4.31. The average Bonchev–Trinajstić information content (AvgIpc) is 2.33. The molecule has 3 heteroatoms. The van der Waals surface area contributed by atoms with Crippen molar-refractivity contribution in [2.45, 2.75) is 39.2 Å². The summed E-state index contributed by atoms with van der Waals surface area (Å²) in [5, 5.41) is 0. The molecular formula is C15H25NO2. The van der Waals surface area contributed by atoms with Crippen LogP contribution in [0.5, 0.6) is 5.75 Å². The maximum absolute atomic E-state index is 5.86. The van der Waals surface area contributed by atoms with Gasteiger partial charge in [-0.1, -0.05) is 39.0 Å². The lowest BCUT2D eigenvalue weighted by molar-refractivity contribution is 0.0332. The SMILES string of the molecule is CCOC(CN)COc1ccccc1C(C)(C)C. The van der Waals surface area contributed by atoms with Crippen LogP contribution in [0.3, 0.4) is 0 Å². The van der Waals surface area contributed by atoms with E-state index in [9.17, 15) is 0 Å². The summed E-state index contributed by atoms with van der Waals surface area (Å²) < 4.78 is 11.4. The van der Waals surface area contributed by atoms with Crippen molar-refractivity contribution in [3.8, 4) is 5.75 Å². The highest BCUT2D eigenvalue weighted by Crippen LogP contribution is 2.30. The Morgan fingerprint density at radius 3 is 2.44 bits per heavy atom. The normalized spacial score (nSPS) is 13.4. The maximum Gasteiger partial charge on any atom is 0.123 e. The summed E-state index contributed by atoms with van der Waals surface area (Å²) in [5.41, 5.74) is 6.92. The Bertz CT molecular complexity index is 358. The van der Waals surface area contributed by atoms with E-state index in [2.05, 4.69) is 26.8 Å². The fraction of sp³-hybridized carbons (Fsp3) is 0.600. The summed E-state index contributed by atoms with van der Waals surface area (Å²) in [5.74, 6) is 0.920. The smallest absolute Gasteiger partial charge is 0.123 e. The van der Waals surface area contributed by atoms with Gasteiger partial charge in [0.25, 0.3) is 0 Å². The van der Waals surface area contributed by atoms with Crippen LogP contribution >= 0.6 is 0 Å². The molecule has 0 aromatic heterocycles. The molecule has 102 valence electrons. The quantitative estimate of drug-likeness (QED) is 0.845. The Kier molecular flexibility index (Phi) is 5.63. The molecule has 0 fully saturated rings. The molecule has 1 aromatic carbocycles. The van der Waals surface area contributed by atoms with Gasteiger partial charge in [-0.2, -0.15) is 0 Å². The maximum atomic E-state index is 5.86. The fourth-order valence-corrected chi connectivity index (χ4v) is 1.81. The van der Waals surface area contributed by atoms with Gasteiger partial charge in [0, 0.05) is 13.2 Å². The molecule has 1 atom stereocenters. The van der Waals surface area contributed by atoms with Gasteiger partial charge in [-0.3, -0.25) is 0 Å². The molecule has 1 aromatic rings. The highest BCUT2D eigenvalue weighted by atomic mass is 16.5. The van der Waals surface area contributed by atoms with Gasteiger partial charge in [-0.15, -0.1) is 0 Å². The van der Waals surface area contributed by atoms with Gasteiger partial charge in [0.1, 0.15) is 18.5 Å². The molecule has 0 aliphatic carbocycles. The molecule has 0 saturated carbocycles. The van der Waals surface area contributed by atoms with Crippen molar-refractivity contribution in [2.24, 2.45) is 5.73 Å². The zero-order valence-electron chi connectivity index (χ0n) is 11.9. The molecule has 0 radical (unpaired) electrons. The molecule has 1 unspecified atom stereocenters. The van der Waals surface area contributed by atoms with E-state index in [-0.39, 0.29) is 11.5 Å². The lowest BCUT2D eigenvalue weighted by Gasteiger charge is -2.24. The van der Waals surface area contributed by atoms with Gasteiger partial charge < -0.3 is 15.2 Å². The summed E-state index contributed by atoms with van der Waals surface area (Å²) in [4.78, 5) is 0. The van der Waals surface area contributed by atoms with E-state index in [1.807, 2.05) is 25.1 Å². The van der Waals surface area contributed by atoms with Crippen LogP contribution in [0.4, 0.5) is 0 Å². The molecule has 0 heterocycles. The molecule has 0 spiro atoms. The highest BCUT2D eigenvalue weighted by Gasteiger charge is 2.19. The molecule has 18 heavy (non-hydrogen) atoms. The minimum Gasteiger partial charge on any atom is -0.491 e. The topological polar surface area (TPSA) is 44.5 Å². The number of benzene rings is 1. The average molecular weight is 251 g/mol. The van der Waals surface area contributed by atoms with E-state index in [0.29, 0.717) is 19.8 Å². The standard InChI is InChI=1S/C15H25NO2/c1-5-17-12(10-16)11-18-14-9-7-6-8-13(14)15(2,3)4/h6-9,12H,5,10-11,16H2,1-4H3. The number of nitrogens with two attached hydrogens (primary N) is 1. The fourth-order valence-electron chi connectivity index (χ4n) is 1.81. The van der Waals surface area contributed by atoms with Crippen LogP contribution in [0, 0.1) is 0 Å². The van der Waals surface area contributed by atoms with Crippen LogP contribution in [-0.4, -0.2) is 25.9 Å². The first kappa shape index (κ1) is 15.0. The summed E-state index contributed by atoms with van der Waals surface area (Å²) in [6.45, 7) is 10.1. The monoisotopic (exact) mass is 251 g/mol. The van der Waals surface area contributed by atoms with Crippen LogP contribution in [0.2, 0.25) is 0 Å². The van der Waals surface area contributed by atoms with Crippen molar-refractivity contribution in [3.63, 3.8) is 0 Å². The van der Waals surface area contributed by atoms with E-state index in [4.69, 9.17) is 15.2 Å². The zero-order valence-corrected chi connectivity index (χ0v) is 11.9. The Balaban J connectivity index is 2.73. The van der Waals surface area contributed by atoms with Crippen LogP contribution in [0.15, 0.2) is 24.3 Å². The Hall–Kier alpha value is -1.06. The van der Waals surface area contributed by atoms with Crippen molar-refractivity contribution in [1.82, 2.24) is 0 Å². The minimum absolute atomic E-state index is 0.0389. The van der Waals surface area contributed by atoms with Gasteiger partial charge in [0.05, 0.1) is 0 Å². The van der Waals surface area contributed by atoms with E-state index in [1.165, 1.54) is 5.56 Å². The Labute approximate surface area is 110 Å². The molecule has 0 amide bonds. The van der Waals surface area contributed by atoms with E-state index in [0.717, 1.165) is 5.75 Å². The third-order valence-corrected chi connectivity index (χ3v) is 2.79. The van der Waals surface area contributed by atoms with Gasteiger partial charge in [0.15, 0.2) is 0 Å². The molecule has 1 rings (SSSR count). The minimum atomic E-state index is -0.0389. The molecule has 0 aliphatic rings. The van der Waals surface area contributed by atoms with E-state index in [1.54, 1.807) is 0 Å². The summed E-state index contributed by atoms with van der Waals surface area (Å²) in [7, 11) is 0. The number of hydrogen-bond acceptors (Lipinski definition) is 3. The van der Waals surface area contributed by atoms with E-state index < -0.39 is 0 Å². The van der Waals surface area contributed by atoms with Crippen LogP contribution in [0.1, 0.15) is 33.3 Å². The zero-order chi connectivity index (χ0) is 13.6. The predicted molar refractivity (Wildman–Crippen MR) is 75.1 cm³/mol. The lowest BCUT2D eigenvalue weighted by Crippen LogP contribution is -2.30. The Morgan fingerprint density at radius 2 is 1.89 bits per heavy atom. The first-order valence-electron chi connectivity index (χ1n) is 6.53. The lowest BCUT2D eigenvalue weighted by atomic mass is 9.86. The molecular weight excluding hydrogens is 226 g/mol. The summed E-state index contributed by atoms with van der Waals surface area (Å²) in [6.07, 6.45) is -0.0389. The van der Waals surface area contributed by atoms with Crippen molar-refractivity contribution in [3.05, 3.63) is 29.8 Å². The van der Waals surface area contributed by atoms with Crippen molar-refractivity contribution < 1.29 is 9.47 Å². The Morgan fingerprint density at radius 1 is 1.22 bits per heavy atom. The molecule has 0 saturated heterocycles. The number of ether oxygens (including phenoxy) is 2. The molecule has 0 bridgehead atoms. The third-order valence-electron chi connectivity index (χ3n) is 2.79. The molecule has 3 nitrogen and oxygen atoms in total. The molecule has 2 N–H and O–H groups in total. The van der Waals surface area contributed by atoms with Crippen molar-refractivity contribution >= 4 is 0 Å². The van der Waals surface area contributed by atoms with Crippen molar-refractivity contribution in [1.29, 1.82) is 0 Å². The second-order valence-corrected chi connectivity index (χ2v) is 5.37. The largest absolute Gasteiger partial charge is 0.491 e. The van der Waals surface area contributed by atoms with Crippen LogP contribution in [-0.2, 0) is 10.2 Å². The number of rotatable bonds is 6. The van der Waals surface area contributed by atoms with Crippen LogP contribution in [0.25, 0.3) is 0 Å². The highest BCUT2D eigenvalue weighted by molar-refractivity contribution is 5.38. The van der Waals surface area contributed by atoms with Gasteiger partial charge in [-0.05, 0) is 24.0 Å². The number of hydrogen-bond donors (Lipinski definition) is 1. The van der Waals surface area contributed by atoms with Gasteiger partial charge >= 0.3 is 0 Å². The van der Waals surface area contributed by atoms with E-state index >= 15 is 0 Å².